The Balaban J connectivity index is 2.30. The summed E-state index contributed by atoms with van der Waals surface area (Å²) < 4.78 is 5.04. The molecule has 1 unspecified atom stereocenters. The van der Waals surface area contributed by atoms with E-state index in [0.29, 0.717) is 24.1 Å². The number of hydrogen-bond donors (Lipinski definition) is 2. The first-order chi connectivity index (χ1) is 10.2. The van der Waals surface area contributed by atoms with E-state index in [-0.39, 0.29) is 23.7 Å². The average molecular weight is 309 g/mol. The number of halogens is 1. The fourth-order valence-corrected chi connectivity index (χ4v) is 2.35. The number of amides is 1. The zero-order valence-corrected chi connectivity index (χ0v) is 12.4. The predicted molar refractivity (Wildman–Crippen MR) is 81.6 cm³/mol. The SMILES string of the molecule is COCC(CCO)NC(=O)c1cc(Cl)nc2ccccc12. The molecule has 2 N–H and O–H groups in total. The minimum absolute atomic E-state index is 0.0217. The molecule has 1 heterocycles. The zero-order valence-electron chi connectivity index (χ0n) is 11.7. The van der Waals surface area contributed by atoms with Crippen molar-refractivity contribution in [3.63, 3.8) is 0 Å². The number of nitrogens with zero attached hydrogens (tertiary/aromatic N) is 1. The molecule has 0 bridgehead atoms. The van der Waals surface area contributed by atoms with Crippen LogP contribution in [-0.4, -0.2) is 42.4 Å². The summed E-state index contributed by atoms with van der Waals surface area (Å²) >= 11 is 5.97. The molecule has 6 heteroatoms. The molecule has 0 saturated heterocycles. The summed E-state index contributed by atoms with van der Waals surface area (Å²) in [4.78, 5) is 16.6. The van der Waals surface area contributed by atoms with Crippen LogP contribution >= 0.6 is 11.6 Å². The largest absolute Gasteiger partial charge is 0.396 e. The average Bonchev–Trinajstić information content (AvgIpc) is 2.46. The van der Waals surface area contributed by atoms with E-state index >= 15 is 0 Å². The molecule has 5 nitrogen and oxygen atoms in total. The molecule has 21 heavy (non-hydrogen) atoms. The fourth-order valence-electron chi connectivity index (χ4n) is 2.15. The van der Waals surface area contributed by atoms with Gasteiger partial charge in [0.2, 0.25) is 0 Å². The molecule has 0 aliphatic rings. The van der Waals surface area contributed by atoms with Crippen LogP contribution in [0.5, 0.6) is 0 Å². The van der Waals surface area contributed by atoms with Crippen LogP contribution in [0, 0.1) is 0 Å². The summed E-state index contributed by atoms with van der Waals surface area (Å²) in [6.45, 7) is 0.315. The smallest absolute Gasteiger partial charge is 0.252 e. The number of aromatic nitrogens is 1. The third-order valence-electron chi connectivity index (χ3n) is 3.11. The second-order valence-corrected chi connectivity index (χ2v) is 5.03. The monoisotopic (exact) mass is 308 g/mol. The standard InChI is InChI=1S/C15H17ClN2O3/c1-21-9-10(6-7-19)17-15(20)12-8-14(16)18-13-5-3-2-4-11(12)13/h2-5,8,10,19H,6-7,9H2,1H3,(H,17,20). The van der Waals surface area contributed by atoms with Crippen molar-refractivity contribution in [1.82, 2.24) is 10.3 Å². The highest BCUT2D eigenvalue weighted by Crippen LogP contribution is 2.20. The zero-order chi connectivity index (χ0) is 15.2. The van der Waals surface area contributed by atoms with E-state index in [1.807, 2.05) is 18.2 Å². The summed E-state index contributed by atoms with van der Waals surface area (Å²) in [6.07, 6.45) is 0.427. The Morgan fingerprint density at radius 3 is 2.95 bits per heavy atom. The maximum Gasteiger partial charge on any atom is 0.252 e. The lowest BCUT2D eigenvalue weighted by Gasteiger charge is -2.17. The molecule has 0 aliphatic heterocycles. The van der Waals surface area contributed by atoms with E-state index in [2.05, 4.69) is 10.3 Å². The molecule has 0 spiro atoms. The number of ether oxygens (including phenoxy) is 1. The molecule has 112 valence electrons. The Morgan fingerprint density at radius 1 is 1.48 bits per heavy atom. The quantitative estimate of drug-likeness (QED) is 0.801. The Hall–Kier alpha value is -1.69. The molecule has 2 rings (SSSR count). The number of carbonyl (C=O) groups excluding carboxylic acids is 1. The third-order valence-corrected chi connectivity index (χ3v) is 3.30. The van der Waals surface area contributed by atoms with Gasteiger partial charge >= 0.3 is 0 Å². The molecule has 2 aromatic rings. The molecule has 0 fully saturated rings. The fraction of sp³-hybridized carbons (Fsp3) is 0.333. The summed E-state index contributed by atoms with van der Waals surface area (Å²) in [7, 11) is 1.55. The number of aliphatic hydroxyl groups excluding tert-OH is 1. The Morgan fingerprint density at radius 2 is 2.24 bits per heavy atom. The Kier molecular flexibility index (Phi) is 5.50. The number of fused-ring (bicyclic) bond motifs is 1. The summed E-state index contributed by atoms with van der Waals surface area (Å²) in [5.41, 5.74) is 1.13. The minimum atomic E-state index is -0.258. The second-order valence-electron chi connectivity index (χ2n) is 4.65. The van der Waals surface area contributed by atoms with E-state index in [4.69, 9.17) is 21.4 Å². The van der Waals surface area contributed by atoms with Crippen LogP contribution in [0.25, 0.3) is 10.9 Å². The van der Waals surface area contributed by atoms with Crippen LogP contribution in [0.2, 0.25) is 5.15 Å². The number of rotatable bonds is 6. The van der Waals surface area contributed by atoms with Gasteiger partial charge in [0.05, 0.1) is 23.7 Å². The number of pyridine rings is 1. The highest BCUT2D eigenvalue weighted by molar-refractivity contribution is 6.30. The molecule has 0 aliphatic carbocycles. The van der Waals surface area contributed by atoms with Gasteiger partial charge in [-0.05, 0) is 18.6 Å². The highest BCUT2D eigenvalue weighted by atomic mass is 35.5. The van der Waals surface area contributed by atoms with Gasteiger partial charge in [-0.1, -0.05) is 29.8 Å². The molecule has 1 atom stereocenters. The summed E-state index contributed by atoms with van der Waals surface area (Å²) in [5, 5.41) is 12.9. The van der Waals surface area contributed by atoms with Crippen molar-refractivity contribution in [1.29, 1.82) is 0 Å². The molecular formula is C15H17ClN2O3. The lowest BCUT2D eigenvalue weighted by atomic mass is 10.1. The van der Waals surface area contributed by atoms with E-state index in [1.54, 1.807) is 19.2 Å². The van der Waals surface area contributed by atoms with Gasteiger partial charge in [-0.25, -0.2) is 4.98 Å². The van der Waals surface area contributed by atoms with Crippen molar-refractivity contribution in [2.75, 3.05) is 20.3 Å². The third kappa shape index (κ3) is 3.91. The van der Waals surface area contributed by atoms with Gasteiger partial charge in [0.25, 0.3) is 5.91 Å². The Bertz CT molecular complexity index is 627. The van der Waals surface area contributed by atoms with Gasteiger partial charge in [-0.3, -0.25) is 4.79 Å². The van der Waals surface area contributed by atoms with Crippen molar-refractivity contribution < 1.29 is 14.6 Å². The Labute approximate surface area is 127 Å². The number of para-hydroxylation sites is 1. The number of benzene rings is 1. The van der Waals surface area contributed by atoms with E-state index < -0.39 is 0 Å². The normalized spacial score (nSPS) is 12.3. The first-order valence-corrected chi connectivity index (χ1v) is 6.99. The number of aliphatic hydroxyl groups is 1. The van der Waals surface area contributed by atoms with Gasteiger partial charge in [-0.2, -0.15) is 0 Å². The van der Waals surface area contributed by atoms with Crippen LogP contribution in [-0.2, 0) is 4.74 Å². The molecule has 0 saturated carbocycles. The van der Waals surface area contributed by atoms with Gasteiger partial charge in [-0.15, -0.1) is 0 Å². The molecule has 0 radical (unpaired) electrons. The first-order valence-electron chi connectivity index (χ1n) is 6.61. The van der Waals surface area contributed by atoms with E-state index in [0.717, 1.165) is 5.39 Å². The van der Waals surface area contributed by atoms with Crippen LogP contribution in [0.3, 0.4) is 0 Å². The van der Waals surface area contributed by atoms with Crippen molar-refractivity contribution in [2.24, 2.45) is 0 Å². The van der Waals surface area contributed by atoms with E-state index in [9.17, 15) is 4.79 Å². The van der Waals surface area contributed by atoms with Crippen molar-refractivity contribution >= 4 is 28.4 Å². The van der Waals surface area contributed by atoms with Crippen LogP contribution in [0.15, 0.2) is 30.3 Å². The number of nitrogens with one attached hydrogen (secondary N) is 1. The lowest BCUT2D eigenvalue weighted by Crippen LogP contribution is -2.38. The van der Waals surface area contributed by atoms with Gasteiger partial charge in [0.1, 0.15) is 5.15 Å². The summed E-state index contributed by atoms with van der Waals surface area (Å²) in [6, 6.07) is 8.60. The predicted octanol–water partition coefficient (Wildman–Crippen LogP) is 2.02. The molecule has 1 aromatic heterocycles. The van der Waals surface area contributed by atoms with Crippen LogP contribution in [0.1, 0.15) is 16.8 Å². The van der Waals surface area contributed by atoms with Gasteiger partial charge < -0.3 is 15.2 Å². The maximum atomic E-state index is 12.4. The van der Waals surface area contributed by atoms with Crippen molar-refractivity contribution in [2.45, 2.75) is 12.5 Å². The minimum Gasteiger partial charge on any atom is -0.396 e. The van der Waals surface area contributed by atoms with Crippen molar-refractivity contribution in [3.05, 3.63) is 41.0 Å². The van der Waals surface area contributed by atoms with Crippen LogP contribution in [0.4, 0.5) is 0 Å². The molecule has 1 aromatic carbocycles. The first kappa shape index (κ1) is 15.7. The number of carbonyl (C=O) groups is 1. The molecular weight excluding hydrogens is 292 g/mol. The van der Waals surface area contributed by atoms with Crippen molar-refractivity contribution in [3.8, 4) is 0 Å². The number of methoxy groups -OCH3 is 1. The lowest BCUT2D eigenvalue weighted by molar-refractivity contribution is 0.0880. The second kappa shape index (κ2) is 7.36. The number of hydrogen-bond acceptors (Lipinski definition) is 4. The van der Waals surface area contributed by atoms with Gasteiger partial charge in [0.15, 0.2) is 0 Å². The van der Waals surface area contributed by atoms with E-state index in [1.165, 1.54) is 0 Å². The van der Waals surface area contributed by atoms with Gasteiger partial charge in [0, 0.05) is 19.1 Å². The van der Waals surface area contributed by atoms with Crippen LogP contribution < -0.4 is 5.32 Å². The molecule has 1 amide bonds. The summed E-state index contributed by atoms with van der Waals surface area (Å²) in [5.74, 6) is -0.258. The topological polar surface area (TPSA) is 71.5 Å². The maximum absolute atomic E-state index is 12.4. The highest BCUT2D eigenvalue weighted by Gasteiger charge is 2.16.